The van der Waals surface area contributed by atoms with Crippen LogP contribution in [0.1, 0.15) is 33.7 Å². The molecule has 0 spiro atoms. The maximum Gasteiger partial charge on any atom is 0.251 e. The summed E-state index contributed by atoms with van der Waals surface area (Å²) in [5.74, 6) is -0.136. The van der Waals surface area contributed by atoms with Crippen molar-refractivity contribution in [3.8, 4) is 5.69 Å². The summed E-state index contributed by atoms with van der Waals surface area (Å²) in [6.07, 6.45) is 3.18. The Balaban J connectivity index is 1.56. The van der Waals surface area contributed by atoms with Crippen LogP contribution in [0.15, 0.2) is 54.6 Å². The molecule has 0 saturated heterocycles. The maximum absolute atomic E-state index is 12.3. The van der Waals surface area contributed by atoms with Gasteiger partial charge in [0.05, 0.1) is 17.9 Å². The van der Waals surface area contributed by atoms with Gasteiger partial charge in [-0.15, -0.1) is 0 Å². The van der Waals surface area contributed by atoms with E-state index in [1.54, 1.807) is 24.3 Å². The first-order valence-electron chi connectivity index (χ1n) is 8.41. The molecule has 0 radical (unpaired) electrons. The molecule has 1 aliphatic carbocycles. The van der Waals surface area contributed by atoms with Crippen LogP contribution < -0.4 is 5.32 Å². The number of rotatable bonds is 4. The largest absolute Gasteiger partial charge is 0.346 e. The fraction of sp³-hybridized carbons (Fsp3) is 0.200. The number of hydrogen-bond donors (Lipinski definition) is 1. The number of aromatic nitrogens is 2. The van der Waals surface area contributed by atoms with Crippen molar-refractivity contribution in [2.75, 3.05) is 0 Å². The quantitative estimate of drug-likeness (QED) is 0.773. The van der Waals surface area contributed by atoms with Crippen LogP contribution >= 0.6 is 11.6 Å². The molecule has 0 unspecified atom stereocenters. The number of para-hydroxylation sites is 1. The first-order valence-corrected chi connectivity index (χ1v) is 8.79. The van der Waals surface area contributed by atoms with E-state index in [9.17, 15) is 4.79 Å². The third kappa shape index (κ3) is 3.17. The summed E-state index contributed by atoms with van der Waals surface area (Å²) in [5, 5.41) is 8.28. The third-order valence-corrected chi connectivity index (χ3v) is 4.75. The van der Waals surface area contributed by atoms with Crippen LogP contribution in [0, 0.1) is 0 Å². The van der Waals surface area contributed by atoms with Gasteiger partial charge in [0.15, 0.2) is 0 Å². The average Bonchev–Trinajstić information content (AvgIpc) is 3.23. The molecule has 0 atom stereocenters. The molecule has 5 heteroatoms. The van der Waals surface area contributed by atoms with Crippen LogP contribution in [0.2, 0.25) is 5.02 Å². The summed E-state index contributed by atoms with van der Waals surface area (Å²) in [7, 11) is 0. The number of fused-ring (bicyclic) bond motifs is 1. The van der Waals surface area contributed by atoms with Gasteiger partial charge in [0, 0.05) is 16.3 Å². The molecule has 0 bridgehead atoms. The monoisotopic (exact) mass is 351 g/mol. The van der Waals surface area contributed by atoms with Gasteiger partial charge >= 0.3 is 0 Å². The van der Waals surface area contributed by atoms with Gasteiger partial charge in [-0.05, 0) is 55.2 Å². The lowest BCUT2D eigenvalue weighted by Crippen LogP contribution is -2.23. The number of carbonyl (C=O) groups excluding carboxylic acids is 1. The van der Waals surface area contributed by atoms with Crippen LogP contribution in [0.3, 0.4) is 0 Å². The Morgan fingerprint density at radius 1 is 1.12 bits per heavy atom. The van der Waals surface area contributed by atoms with Crippen molar-refractivity contribution in [1.29, 1.82) is 0 Å². The number of halogens is 1. The first kappa shape index (κ1) is 15.9. The molecule has 0 fully saturated rings. The van der Waals surface area contributed by atoms with Crippen LogP contribution in [-0.4, -0.2) is 15.7 Å². The van der Waals surface area contributed by atoms with E-state index in [-0.39, 0.29) is 5.91 Å². The molecule has 3 aromatic rings. The van der Waals surface area contributed by atoms with Crippen LogP contribution in [0.5, 0.6) is 0 Å². The van der Waals surface area contributed by atoms with Crippen molar-refractivity contribution in [3.63, 3.8) is 0 Å². The highest BCUT2D eigenvalue weighted by molar-refractivity contribution is 6.30. The molecular formula is C20H18ClN3O. The van der Waals surface area contributed by atoms with E-state index in [1.165, 1.54) is 11.3 Å². The SMILES string of the molecule is O=C(NCc1nn(-c2ccccc2)c2c1CCC2)c1cccc(Cl)c1. The van der Waals surface area contributed by atoms with E-state index in [2.05, 4.69) is 17.4 Å². The van der Waals surface area contributed by atoms with E-state index in [0.29, 0.717) is 17.1 Å². The van der Waals surface area contributed by atoms with Crippen molar-refractivity contribution in [2.24, 2.45) is 0 Å². The maximum atomic E-state index is 12.3. The summed E-state index contributed by atoms with van der Waals surface area (Å²) in [4.78, 5) is 12.3. The molecule has 1 N–H and O–H groups in total. The Kier molecular flexibility index (Phi) is 4.28. The summed E-state index contributed by atoms with van der Waals surface area (Å²) in [6, 6.07) is 17.1. The summed E-state index contributed by atoms with van der Waals surface area (Å²) >= 11 is 5.96. The number of nitrogens with zero attached hydrogens (tertiary/aromatic N) is 2. The lowest BCUT2D eigenvalue weighted by Gasteiger charge is -2.06. The van der Waals surface area contributed by atoms with Crippen LogP contribution in [0.25, 0.3) is 5.69 Å². The Hall–Kier alpha value is -2.59. The molecule has 0 aliphatic heterocycles. The second kappa shape index (κ2) is 6.73. The molecule has 4 nitrogen and oxygen atoms in total. The third-order valence-electron chi connectivity index (χ3n) is 4.52. The standard InChI is InChI=1S/C20H18ClN3O/c21-15-7-4-6-14(12-15)20(25)22-13-18-17-10-5-11-19(17)24(23-18)16-8-2-1-3-9-16/h1-4,6-9,12H,5,10-11,13H2,(H,22,25). The van der Waals surface area contributed by atoms with Gasteiger partial charge < -0.3 is 5.32 Å². The number of hydrogen-bond acceptors (Lipinski definition) is 2. The fourth-order valence-corrected chi connectivity index (χ4v) is 3.52. The highest BCUT2D eigenvalue weighted by Gasteiger charge is 2.23. The molecule has 1 aliphatic rings. The lowest BCUT2D eigenvalue weighted by molar-refractivity contribution is 0.0950. The smallest absolute Gasteiger partial charge is 0.251 e. The Labute approximate surface area is 151 Å². The van der Waals surface area contributed by atoms with Gasteiger partial charge in [0.25, 0.3) is 5.91 Å². The summed E-state index contributed by atoms with van der Waals surface area (Å²) in [5.41, 5.74) is 5.11. The Morgan fingerprint density at radius 3 is 2.76 bits per heavy atom. The number of amides is 1. The molecule has 1 amide bonds. The van der Waals surface area contributed by atoms with Crippen molar-refractivity contribution >= 4 is 17.5 Å². The van der Waals surface area contributed by atoms with E-state index in [1.807, 2.05) is 22.9 Å². The Bertz CT molecular complexity index is 918. The van der Waals surface area contributed by atoms with E-state index >= 15 is 0 Å². The Morgan fingerprint density at radius 2 is 1.96 bits per heavy atom. The van der Waals surface area contributed by atoms with Crippen molar-refractivity contribution in [3.05, 3.63) is 82.1 Å². The highest BCUT2D eigenvalue weighted by atomic mass is 35.5. The fourth-order valence-electron chi connectivity index (χ4n) is 3.33. The first-order chi connectivity index (χ1) is 12.2. The van der Waals surface area contributed by atoms with Gasteiger partial charge in [0.1, 0.15) is 0 Å². The topological polar surface area (TPSA) is 46.9 Å². The predicted molar refractivity (Wildman–Crippen MR) is 98.2 cm³/mol. The highest BCUT2D eigenvalue weighted by Crippen LogP contribution is 2.27. The van der Waals surface area contributed by atoms with Crippen LogP contribution in [-0.2, 0) is 19.4 Å². The van der Waals surface area contributed by atoms with Gasteiger partial charge in [-0.2, -0.15) is 5.10 Å². The molecule has 1 aromatic heterocycles. The molecule has 25 heavy (non-hydrogen) atoms. The molecule has 4 rings (SSSR count). The zero-order valence-electron chi connectivity index (χ0n) is 13.7. The van der Waals surface area contributed by atoms with Gasteiger partial charge in [-0.25, -0.2) is 4.68 Å². The van der Waals surface area contributed by atoms with Crippen molar-refractivity contribution < 1.29 is 4.79 Å². The lowest BCUT2D eigenvalue weighted by atomic mass is 10.2. The average molecular weight is 352 g/mol. The predicted octanol–water partition coefficient (Wildman–Crippen LogP) is 3.94. The van der Waals surface area contributed by atoms with Crippen LogP contribution in [0.4, 0.5) is 0 Å². The minimum atomic E-state index is -0.136. The van der Waals surface area contributed by atoms with E-state index < -0.39 is 0 Å². The number of carbonyl (C=O) groups is 1. The zero-order chi connectivity index (χ0) is 17.2. The van der Waals surface area contributed by atoms with Crippen molar-refractivity contribution in [2.45, 2.75) is 25.8 Å². The molecule has 1 heterocycles. The summed E-state index contributed by atoms with van der Waals surface area (Å²) in [6.45, 7) is 0.424. The second-order valence-electron chi connectivity index (χ2n) is 6.17. The zero-order valence-corrected chi connectivity index (χ0v) is 14.5. The number of benzene rings is 2. The minimum Gasteiger partial charge on any atom is -0.346 e. The van der Waals surface area contributed by atoms with Gasteiger partial charge in [0.2, 0.25) is 0 Å². The molecular weight excluding hydrogens is 334 g/mol. The second-order valence-corrected chi connectivity index (χ2v) is 6.60. The summed E-state index contributed by atoms with van der Waals surface area (Å²) < 4.78 is 2.02. The van der Waals surface area contributed by atoms with Gasteiger partial charge in [-0.3, -0.25) is 4.79 Å². The molecule has 2 aromatic carbocycles. The normalized spacial score (nSPS) is 12.8. The van der Waals surface area contributed by atoms with E-state index in [4.69, 9.17) is 16.7 Å². The minimum absolute atomic E-state index is 0.136. The molecule has 126 valence electrons. The molecule has 0 saturated carbocycles. The number of nitrogens with one attached hydrogen (secondary N) is 1. The van der Waals surface area contributed by atoms with Gasteiger partial charge in [-0.1, -0.05) is 35.9 Å². The van der Waals surface area contributed by atoms with E-state index in [0.717, 1.165) is 30.6 Å². The van der Waals surface area contributed by atoms with Crippen molar-refractivity contribution in [1.82, 2.24) is 15.1 Å².